The zero-order chi connectivity index (χ0) is 16.1. The molecule has 0 spiro atoms. The van der Waals surface area contributed by atoms with Gasteiger partial charge in [0.05, 0.1) is 12.6 Å². The van der Waals surface area contributed by atoms with Gasteiger partial charge in [0.15, 0.2) is 5.96 Å². The van der Waals surface area contributed by atoms with Crippen LogP contribution in [0.4, 0.5) is 4.39 Å². The van der Waals surface area contributed by atoms with Crippen LogP contribution in [0.25, 0.3) is 0 Å². The number of halogens is 2. The van der Waals surface area contributed by atoms with Crippen molar-refractivity contribution in [1.29, 1.82) is 0 Å². The van der Waals surface area contributed by atoms with E-state index >= 15 is 0 Å². The molecule has 1 aromatic carbocycles. The quantitative estimate of drug-likeness (QED) is 0.449. The summed E-state index contributed by atoms with van der Waals surface area (Å²) >= 11 is 0. The average molecular weight is 435 g/mol. The molecule has 1 aliphatic rings. The van der Waals surface area contributed by atoms with E-state index < -0.39 is 0 Å². The molecule has 2 rings (SSSR count). The molecule has 130 valence electrons. The Morgan fingerprint density at radius 1 is 1.35 bits per heavy atom. The van der Waals surface area contributed by atoms with E-state index in [9.17, 15) is 4.39 Å². The summed E-state index contributed by atoms with van der Waals surface area (Å²) in [5, 5.41) is 3.40. The van der Waals surface area contributed by atoms with E-state index in [4.69, 9.17) is 4.74 Å². The van der Waals surface area contributed by atoms with Gasteiger partial charge in [-0.05, 0) is 30.5 Å². The number of ether oxygens (including phenoxy) is 1. The molecular formula is C17H27FIN3O. The summed E-state index contributed by atoms with van der Waals surface area (Å²) in [5.41, 5.74) is 0.997. The van der Waals surface area contributed by atoms with E-state index in [0.29, 0.717) is 12.5 Å². The fourth-order valence-corrected chi connectivity index (χ4v) is 2.61. The van der Waals surface area contributed by atoms with Crippen LogP contribution >= 0.6 is 24.0 Å². The topological polar surface area (TPSA) is 36.9 Å². The van der Waals surface area contributed by atoms with Gasteiger partial charge in [-0.1, -0.05) is 26.0 Å². The number of nitrogens with zero attached hydrogens (tertiary/aromatic N) is 2. The van der Waals surface area contributed by atoms with Crippen molar-refractivity contribution in [3.8, 4) is 0 Å². The highest BCUT2D eigenvalue weighted by Gasteiger charge is 2.28. The Balaban J connectivity index is 0.00000264. The second kappa shape index (κ2) is 9.42. The molecule has 1 aromatic rings. The molecule has 1 heterocycles. The molecule has 6 heteroatoms. The van der Waals surface area contributed by atoms with Crippen LogP contribution in [-0.4, -0.2) is 43.6 Å². The number of rotatable bonds is 3. The maximum Gasteiger partial charge on any atom is 0.193 e. The molecule has 0 aliphatic carbocycles. The van der Waals surface area contributed by atoms with Crippen molar-refractivity contribution in [3.05, 3.63) is 35.6 Å². The summed E-state index contributed by atoms with van der Waals surface area (Å²) in [5.74, 6) is 1.23. The van der Waals surface area contributed by atoms with Crippen LogP contribution in [0.15, 0.2) is 29.3 Å². The van der Waals surface area contributed by atoms with Crippen LogP contribution in [0.2, 0.25) is 0 Å². The van der Waals surface area contributed by atoms with E-state index in [0.717, 1.165) is 24.6 Å². The minimum Gasteiger partial charge on any atom is -0.367 e. The normalized spacial score (nSPS) is 22.0. The molecule has 0 saturated carbocycles. The molecule has 1 saturated heterocycles. The van der Waals surface area contributed by atoms with Crippen LogP contribution < -0.4 is 5.32 Å². The van der Waals surface area contributed by atoms with Crippen molar-refractivity contribution in [2.45, 2.75) is 33.0 Å². The lowest BCUT2D eigenvalue weighted by Crippen LogP contribution is -2.51. The molecular weight excluding hydrogens is 408 g/mol. The maximum absolute atomic E-state index is 13.1. The van der Waals surface area contributed by atoms with Crippen molar-refractivity contribution in [3.63, 3.8) is 0 Å². The van der Waals surface area contributed by atoms with Gasteiger partial charge in [-0.15, -0.1) is 24.0 Å². The van der Waals surface area contributed by atoms with Crippen molar-refractivity contribution in [2.75, 3.05) is 26.7 Å². The summed E-state index contributed by atoms with van der Waals surface area (Å²) in [6.07, 6.45) is 0.0309. The number of hydrogen-bond acceptors (Lipinski definition) is 2. The lowest BCUT2D eigenvalue weighted by atomic mass is 10.1. The maximum atomic E-state index is 13.1. The molecule has 23 heavy (non-hydrogen) atoms. The minimum atomic E-state index is -0.223. The molecule has 2 unspecified atom stereocenters. The summed E-state index contributed by atoms with van der Waals surface area (Å²) in [6, 6.07) is 6.54. The first-order valence-electron chi connectivity index (χ1n) is 7.86. The van der Waals surface area contributed by atoms with Gasteiger partial charge in [0, 0.05) is 20.1 Å². The molecule has 1 aliphatic heterocycles. The third-order valence-electron chi connectivity index (χ3n) is 3.68. The van der Waals surface area contributed by atoms with Gasteiger partial charge < -0.3 is 15.0 Å². The second-order valence-electron chi connectivity index (χ2n) is 6.21. The Morgan fingerprint density at radius 2 is 2.00 bits per heavy atom. The monoisotopic (exact) mass is 435 g/mol. The molecule has 1 N–H and O–H groups in total. The van der Waals surface area contributed by atoms with Gasteiger partial charge in [-0.25, -0.2) is 4.39 Å². The number of aliphatic imine (C=N–C) groups is 1. The molecule has 2 atom stereocenters. The SMILES string of the molecule is CN=C(NCC(C)C)N1CC(C)OC(c2ccc(F)cc2)C1.I. The number of benzene rings is 1. The Kier molecular flexibility index (Phi) is 8.25. The van der Waals surface area contributed by atoms with E-state index in [1.165, 1.54) is 12.1 Å². The molecule has 1 fully saturated rings. The predicted octanol–water partition coefficient (Wildman–Crippen LogP) is 3.44. The Labute approximate surface area is 155 Å². The third kappa shape index (κ3) is 5.91. The lowest BCUT2D eigenvalue weighted by Gasteiger charge is -2.38. The Morgan fingerprint density at radius 3 is 2.57 bits per heavy atom. The van der Waals surface area contributed by atoms with E-state index in [1.54, 1.807) is 19.2 Å². The van der Waals surface area contributed by atoms with Crippen molar-refractivity contribution < 1.29 is 9.13 Å². The average Bonchev–Trinajstić information content (AvgIpc) is 2.47. The summed E-state index contributed by atoms with van der Waals surface area (Å²) < 4.78 is 19.1. The van der Waals surface area contributed by atoms with E-state index in [2.05, 4.69) is 36.0 Å². The zero-order valence-electron chi connectivity index (χ0n) is 14.3. The third-order valence-corrected chi connectivity index (χ3v) is 3.68. The van der Waals surface area contributed by atoms with Crippen LogP contribution in [0.3, 0.4) is 0 Å². The van der Waals surface area contributed by atoms with Gasteiger partial charge in [0.1, 0.15) is 11.9 Å². The van der Waals surface area contributed by atoms with Gasteiger partial charge in [0.25, 0.3) is 0 Å². The molecule has 0 bridgehead atoms. The summed E-state index contributed by atoms with van der Waals surface area (Å²) in [7, 11) is 1.80. The van der Waals surface area contributed by atoms with E-state index in [1.807, 2.05) is 0 Å². The minimum absolute atomic E-state index is 0. The number of guanidine groups is 1. The lowest BCUT2D eigenvalue weighted by molar-refractivity contribution is -0.0605. The second-order valence-corrected chi connectivity index (χ2v) is 6.21. The van der Waals surface area contributed by atoms with E-state index in [-0.39, 0.29) is 42.0 Å². The smallest absolute Gasteiger partial charge is 0.193 e. The summed E-state index contributed by atoms with van der Waals surface area (Å²) in [4.78, 5) is 6.59. The van der Waals surface area contributed by atoms with Gasteiger partial charge in [-0.2, -0.15) is 0 Å². The highest BCUT2D eigenvalue weighted by Crippen LogP contribution is 2.25. The van der Waals surface area contributed by atoms with Crippen molar-refractivity contribution in [2.24, 2.45) is 10.9 Å². The fourth-order valence-electron chi connectivity index (χ4n) is 2.61. The van der Waals surface area contributed by atoms with Gasteiger partial charge in [0.2, 0.25) is 0 Å². The van der Waals surface area contributed by atoms with Crippen molar-refractivity contribution >= 4 is 29.9 Å². The predicted molar refractivity (Wildman–Crippen MR) is 103 cm³/mol. The van der Waals surface area contributed by atoms with Crippen LogP contribution in [0, 0.1) is 11.7 Å². The zero-order valence-corrected chi connectivity index (χ0v) is 16.6. The Bertz CT molecular complexity index is 507. The molecule has 0 radical (unpaired) electrons. The van der Waals surface area contributed by atoms with Crippen LogP contribution in [-0.2, 0) is 4.74 Å². The summed E-state index contributed by atoms with van der Waals surface area (Å²) in [6.45, 7) is 8.80. The van der Waals surface area contributed by atoms with Crippen LogP contribution in [0.1, 0.15) is 32.4 Å². The molecule has 4 nitrogen and oxygen atoms in total. The standard InChI is InChI=1S/C17H26FN3O.HI/c1-12(2)9-20-17(19-4)21-10-13(3)22-16(11-21)14-5-7-15(18)8-6-14;/h5-8,12-13,16H,9-11H2,1-4H3,(H,19,20);1H. The Hall–Kier alpha value is -0.890. The number of hydrogen-bond donors (Lipinski definition) is 1. The number of nitrogens with one attached hydrogen (secondary N) is 1. The highest BCUT2D eigenvalue weighted by atomic mass is 127. The fraction of sp³-hybridized carbons (Fsp3) is 0.588. The first kappa shape index (κ1) is 20.2. The first-order chi connectivity index (χ1) is 10.5. The number of morpholine rings is 1. The highest BCUT2D eigenvalue weighted by molar-refractivity contribution is 14.0. The molecule has 0 amide bonds. The largest absolute Gasteiger partial charge is 0.367 e. The van der Waals surface area contributed by atoms with Gasteiger partial charge in [-0.3, -0.25) is 4.99 Å². The molecule has 0 aromatic heterocycles. The first-order valence-corrected chi connectivity index (χ1v) is 7.86. The van der Waals surface area contributed by atoms with Crippen molar-refractivity contribution in [1.82, 2.24) is 10.2 Å². The van der Waals surface area contributed by atoms with Gasteiger partial charge >= 0.3 is 0 Å². The van der Waals surface area contributed by atoms with Crippen LogP contribution in [0.5, 0.6) is 0 Å².